The van der Waals surface area contributed by atoms with E-state index >= 15 is 0 Å². The molecule has 1 aliphatic carbocycles. The molecule has 0 bridgehead atoms. The number of nitrogens with zero attached hydrogens (tertiary/aromatic N) is 1. The number of aryl methyl sites for hydroxylation is 1. The molecule has 0 amide bonds. The smallest absolute Gasteiger partial charge is 0.408 e. The maximum Gasteiger partial charge on any atom is 0.419 e. The molecule has 1 fully saturated rings. The second-order valence-electron chi connectivity index (χ2n) is 5.90. The van der Waals surface area contributed by atoms with Gasteiger partial charge in [-0.05, 0) is 37.0 Å². The summed E-state index contributed by atoms with van der Waals surface area (Å²) in [7, 11) is 0. The van der Waals surface area contributed by atoms with Gasteiger partial charge in [-0.25, -0.2) is 4.79 Å². The predicted octanol–water partition coefficient (Wildman–Crippen LogP) is 2.84. The minimum Gasteiger partial charge on any atom is -0.408 e. The summed E-state index contributed by atoms with van der Waals surface area (Å²) in [6, 6.07) is 5.28. The monoisotopic (exact) mass is 259 g/mol. The second-order valence-corrected chi connectivity index (χ2v) is 5.90. The van der Waals surface area contributed by atoms with E-state index in [1.165, 1.54) is 0 Å². The Morgan fingerprint density at radius 2 is 2.16 bits per heavy atom. The van der Waals surface area contributed by atoms with Crippen LogP contribution in [0.2, 0.25) is 0 Å². The van der Waals surface area contributed by atoms with Crippen LogP contribution in [0.1, 0.15) is 37.6 Å². The van der Waals surface area contributed by atoms with Crippen LogP contribution in [0.4, 0.5) is 0 Å². The maximum absolute atomic E-state index is 12.3. The van der Waals surface area contributed by atoms with Gasteiger partial charge in [0.2, 0.25) is 0 Å². The molecule has 1 saturated carbocycles. The van der Waals surface area contributed by atoms with Gasteiger partial charge in [-0.3, -0.25) is 9.36 Å². The van der Waals surface area contributed by atoms with Crippen LogP contribution in [0.25, 0.3) is 11.1 Å². The molecule has 1 unspecified atom stereocenters. The van der Waals surface area contributed by atoms with E-state index in [9.17, 15) is 9.59 Å². The highest BCUT2D eigenvalue weighted by Gasteiger charge is 2.50. The lowest BCUT2D eigenvalue weighted by atomic mass is 10.0. The third-order valence-corrected chi connectivity index (χ3v) is 4.10. The Labute approximate surface area is 111 Å². The molecule has 1 aromatic carbocycles. The molecule has 100 valence electrons. The number of carbonyl (C=O) groups excluding carboxylic acids is 1. The van der Waals surface area contributed by atoms with Crippen molar-refractivity contribution in [3.63, 3.8) is 0 Å². The standard InChI is InChI=1S/C15H17NO3/c1-4-16-11-6-5-9(7-12(11)19-14(16)18)13(17)10-8-15(10,2)3/h5-7,10H,4,8H2,1-3H3. The number of oxazole rings is 1. The molecule has 0 aliphatic heterocycles. The number of aromatic nitrogens is 1. The van der Waals surface area contributed by atoms with Crippen LogP contribution in [0.3, 0.4) is 0 Å². The Morgan fingerprint density at radius 3 is 2.74 bits per heavy atom. The quantitative estimate of drug-likeness (QED) is 0.796. The van der Waals surface area contributed by atoms with Crippen LogP contribution < -0.4 is 5.76 Å². The molecule has 0 saturated heterocycles. The zero-order valence-electron chi connectivity index (χ0n) is 11.4. The maximum atomic E-state index is 12.3. The van der Waals surface area contributed by atoms with Crippen molar-refractivity contribution in [2.75, 3.05) is 0 Å². The van der Waals surface area contributed by atoms with Gasteiger partial charge in [-0.1, -0.05) is 13.8 Å². The van der Waals surface area contributed by atoms with Crippen molar-refractivity contribution in [3.8, 4) is 0 Å². The first kappa shape index (κ1) is 12.2. The van der Waals surface area contributed by atoms with Gasteiger partial charge >= 0.3 is 5.76 Å². The number of hydrogen-bond acceptors (Lipinski definition) is 3. The van der Waals surface area contributed by atoms with Crippen molar-refractivity contribution in [2.24, 2.45) is 11.3 Å². The number of ketones is 1. The van der Waals surface area contributed by atoms with E-state index in [1.54, 1.807) is 22.8 Å². The molecule has 3 rings (SSSR count). The SMILES string of the molecule is CCn1c(=O)oc2cc(C(=O)C3CC3(C)C)ccc21. The highest BCUT2D eigenvalue weighted by atomic mass is 16.4. The van der Waals surface area contributed by atoms with Crippen LogP contribution in [-0.4, -0.2) is 10.4 Å². The van der Waals surface area contributed by atoms with Gasteiger partial charge in [0.15, 0.2) is 11.4 Å². The molecule has 19 heavy (non-hydrogen) atoms. The summed E-state index contributed by atoms with van der Waals surface area (Å²) in [5.41, 5.74) is 2.00. The highest BCUT2D eigenvalue weighted by Crippen LogP contribution is 2.53. The van der Waals surface area contributed by atoms with E-state index in [0.29, 0.717) is 17.7 Å². The zero-order chi connectivity index (χ0) is 13.8. The molecule has 1 aliphatic rings. The predicted molar refractivity (Wildman–Crippen MR) is 72.4 cm³/mol. The second kappa shape index (κ2) is 3.83. The van der Waals surface area contributed by atoms with Gasteiger partial charge in [-0.15, -0.1) is 0 Å². The Morgan fingerprint density at radius 1 is 1.47 bits per heavy atom. The van der Waals surface area contributed by atoms with E-state index in [0.717, 1.165) is 11.9 Å². The van der Waals surface area contributed by atoms with Crippen molar-refractivity contribution in [2.45, 2.75) is 33.7 Å². The summed E-state index contributed by atoms with van der Waals surface area (Å²) in [5, 5.41) is 0. The van der Waals surface area contributed by atoms with Crippen LogP contribution in [0.15, 0.2) is 27.4 Å². The van der Waals surface area contributed by atoms with Crippen LogP contribution in [0.5, 0.6) is 0 Å². The minimum atomic E-state index is -0.367. The van der Waals surface area contributed by atoms with Crippen molar-refractivity contribution in [1.82, 2.24) is 4.57 Å². The summed E-state index contributed by atoms with van der Waals surface area (Å²) in [4.78, 5) is 23.9. The Kier molecular flexibility index (Phi) is 2.46. The third-order valence-electron chi connectivity index (χ3n) is 4.10. The van der Waals surface area contributed by atoms with E-state index in [4.69, 9.17) is 4.42 Å². The number of fused-ring (bicyclic) bond motifs is 1. The fourth-order valence-corrected chi connectivity index (χ4v) is 2.64. The molecule has 4 nitrogen and oxygen atoms in total. The molecule has 1 aromatic heterocycles. The van der Waals surface area contributed by atoms with Crippen molar-refractivity contribution < 1.29 is 9.21 Å². The Balaban J connectivity index is 2.03. The average Bonchev–Trinajstić information content (AvgIpc) is 2.87. The first-order valence-electron chi connectivity index (χ1n) is 6.61. The Bertz CT molecular complexity index is 721. The average molecular weight is 259 g/mol. The van der Waals surface area contributed by atoms with E-state index in [1.807, 2.05) is 6.92 Å². The first-order chi connectivity index (χ1) is 8.94. The van der Waals surface area contributed by atoms with E-state index < -0.39 is 0 Å². The summed E-state index contributed by atoms with van der Waals surface area (Å²) >= 11 is 0. The largest absolute Gasteiger partial charge is 0.419 e. The number of Topliss-reactive ketones (excluding diaryl/α,β-unsaturated/α-hetero) is 1. The number of benzene rings is 1. The van der Waals surface area contributed by atoms with Crippen LogP contribution in [-0.2, 0) is 6.54 Å². The van der Waals surface area contributed by atoms with Gasteiger partial charge < -0.3 is 4.42 Å². The third kappa shape index (κ3) is 1.82. The fraction of sp³-hybridized carbons (Fsp3) is 0.467. The summed E-state index contributed by atoms with van der Waals surface area (Å²) < 4.78 is 6.75. The number of carbonyl (C=O) groups is 1. The molecule has 2 aromatic rings. The van der Waals surface area contributed by atoms with E-state index in [2.05, 4.69) is 13.8 Å². The van der Waals surface area contributed by atoms with Gasteiger partial charge in [0.05, 0.1) is 5.52 Å². The molecule has 1 heterocycles. The van der Waals surface area contributed by atoms with Gasteiger partial charge in [0.25, 0.3) is 0 Å². The summed E-state index contributed by atoms with van der Waals surface area (Å²) in [5.74, 6) is -0.113. The van der Waals surface area contributed by atoms with Crippen molar-refractivity contribution >= 4 is 16.9 Å². The van der Waals surface area contributed by atoms with Crippen molar-refractivity contribution in [1.29, 1.82) is 0 Å². The molecule has 4 heteroatoms. The lowest BCUT2D eigenvalue weighted by Gasteiger charge is -2.03. The number of hydrogen-bond donors (Lipinski definition) is 0. The van der Waals surface area contributed by atoms with Gasteiger partial charge in [0.1, 0.15) is 0 Å². The van der Waals surface area contributed by atoms with E-state index in [-0.39, 0.29) is 22.9 Å². The molecular weight excluding hydrogens is 242 g/mol. The van der Waals surface area contributed by atoms with Crippen molar-refractivity contribution in [3.05, 3.63) is 34.3 Å². The lowest BCUT2D eigenvalue weighted by Crippen LogP contribution is -2.12. The lowest BCUT2D eigenvalue weighted by molar-refractivity contribution is 0.0953. The molecule has 0 N–H and O–H groups in total. The summed E-state index contributed by atoms with van der Waals surface area (Å²) in [6.07, 6.45) is 0.934. The topological polar surface area (TPSA) is 52.2 Å². The minimum absolute atomic E-state index is 0.102. The Hall–Kier alpha value is -1.84. The normalized spacial score (nSPS) is 20.7. The van der Waals surface area contributed by atoms with Gasteiger partial charge in [-0.2, -0.15) is 0 Å². The molecule has 0 spiro atoms. The highest BCUT2D eigenvalue weighted by molar-refractivity contribution is 6.02. The number of rotatable bonds is 3. The fourth-order valence-electron chi connectivity index (χ4n) is 2.64. The zero-order valence-corrected chi connectivity index (χ0v) is 11.4. The first-order valence-corrected chi connectivity index (χ1v) is 6.61. The molecular formula is C15H17NO3. The van der Waals surface area contributed by atoms with Gasteiger partial charge in [0, 0.05) is 18.0 Å². The molecule has 0 radical (unpaired) electrons. The molecule has 1 atom stereocenters. The summed E-state index contributed by atoms with van der Waals surface area (Å²) in [6.45, 7) is 6.65. The van der Waals surface area contributed by atoms with Crippen LogP contribution in [0, 0.1) is 11.3 Å². The van der Waals surface area contributed by atoms with Crippen LogP contribution >= 0.6 is 0 Å².